The number of hydrogen-bond donors (Lipinski definition) is 0. The van der Waals surface area contributed by atoms with Crippen LogP contribution in [0, 0.1) is 12.3 Å². The van der Waals surface area contributed by atoms with Crippen molar-refractivity contribution >= 4 is 41.0 Å². The second-order valence-corrected chi connectivity index (χ2v) is 20.9. The Hall–Kier alpha value is -3.83. The van der Waals surface area contributed by atoms with Crippen molar-refractivity contribution in [3.63, 3.8) is 0 Å². The summed E-state index contributed by atoms with van der Waals surface area (Å²) in [5.74, 6) is 0.796. The molecular weight excluding hydrogens is 591 g/mol. The van der Waals surface area contributed by atoms with Crippen molar-refractivity contribution in [1.82, 2.24) is 4.98 Å². The second-order valence-electron chi connectivity index (χ2n) is 15.9. The molecule has 3 aromatic heterocycles. The first-order chi connectivity index (χ1) is 22.3. The van der Waals surface area contributed by atoms with E-state index in [4.69, 9.17) is 14.4 Å². The minimum Gasteiger partial charge on any atom is -0.437 e. The van der Waals surface area contributed by atoms with Gasteiger partial charge in [0.15, 0.2) is 12.2 Å². The van der Waals surface area contributed by atoms with Crippen LogP contribution in [0.1, 0.15) is 99.7 Å². The highest BCUT2D eigenvalue weighted by molar-refractivity contribution is 6.89. The number of nitrogens with zero attached hydrogens (tertiary/aromatic N) is 3. The highest BCUT2D eigenvalue weighted by atomic mass is 28.3. The molecule has 2 aliphatic heterocycles. The fourth-order valence-corrected chi connectivity index (χ4v) is 9.86. The Kier molecular flexibility index (Phi) is 7.70. The molecule has 0 amide bonds. The van der Waals surface area contributed by atoms with E-state index in [0.717, 1.165) is 64.7 Å². The van der Waals surface area contributed by atoms with Crippen LogP contribution in [0.15, 0.2) is 82.5 Å². The SMILES string of the molecule is C=C1CC2C(CCc3ccc4c(oc5nc(C)ccc54)c3C(C)=N1)c1ccccc1-c1cc(C(C)C(C)(C)CC)c([Si](C)(C)C)c[n+]12. The fraction of sp³-hybridized carbons (Fsp3) is 0.405. The zero-order valence-electron chi connectivity index (χ0n) is 29.8. The standard InChI is InChI=1S/C42H50N3OSi/c1-11-42(6,7)27(4)35-23-37-31-15-13-12-14-30(31)32-20-17-29-18-21-33-34-19-16-25(2)44-41(34)46-40(33)39(29)28(5)43-26(3)22-36(32)45(37)24-38(35)47(8,9)10/h12-16,18-19,21,23-24,27,32,36H,3,11,17,20,22H2,1-2,4-10H3/q+1. The number of allylic oxidation sites excluding steroid dienone is 1. The number of aryl methyl sites for hydroxylation is 2. The average molecular weight is 641 g/mol. The maximum atomic E-state index is 6.50. The van der Waals surface area contributed by atoms with E-state index in [1.54, 1.807) is 5.19 Å². The van der Waals surface area contributed by atoms with E-state index in [0.29, 0.717) is 17.5 Å². The number of hydrogen-bond acceptors (Lipinski definition) is 3. The quantitative estimate of drug-likeness (QED) is 0.145. The topological polar surface area (TPSA) is 42.3 Å². The second kappa shape index (κ2) is 11.4. The van der Waals surface area contributed by atoms with Gasteiger partial charge in [0, 0.05) is 56.2 Å². The van der Waals surface area contributed by atoms with E-state index in [9.17, 15) is 0 Å². The van der Waals surface area contributed by atoms with Crippen molar-refractivity contribution in [1.29, 1.82) is 0 Å². The molecule has 3 unspecified atom stereocenters. The van der Waals surface area contributed by atoms with Gasteiger partial charge in [0.2, 0.25) is 11.4 Å². The molecular formula is C42H50N3OSi+. The average Bonchev–Trinajstić information content (AvgIpc) is 3.39. The molecule has 5 heteroatoms. The molecule has 7 rings (SSSR count). The van der Waals surface area contributed by atoms with Crippen LogP contribution in [-0.4, -0.2) is 18.8 Å². The van der Waals surface area contributed by atoms with Crippen molar-refractivity contribution in [3.05, 3.63) is 101 Å². The van der Waals surface area contributed by atoms with E-state index in [-0.39, 0.29) is 11.5 Å². The summed E-state index contributed by atoms with van der Waals surface area (Å²) in [6.07, 6.45) is 6.51. The molecule has 0 saturated carbocycles. The lowest BCUT2D eigenvalue weighted by atomic mass is 9.73. The zero-order valence-corrected chi connectivity index (χ0v) is 30.8. The lowest BCUT2D eigenvalue weighted by Crippen LogP contribution is -2.54. The molecule has 3 atom stereocenters. The monoisotopic (exact) mass is 640 g/mol. The first-order valence-corrected chi connectivity index (χ1v) is 21.0. The number of furan rings is 1. The van der Waals surface area contributed by atoms with Gasteiger partial charge in [0.25, 0.3) is 0 Å². The van der Waals surface area contributed by atoms with Gasteiger partial charge >= 0.3 is 0 Å². The van der Waals surface area contributed by atoms with Crippen molar-refractivity contribution < 1.29 is 8.98 Å². The summed E-state index contributed by atoms with van der Waals surface area (Å²) in [7, 11) is -1.69. The zero-order chi connectivity index (χ0) is 33.4. The van der Waals surface area contributed by atoms with Gasteiger partial charge in [-0.05, 0) is 72.9 Å². The Morgan fingerprint density at radius 3 is 2.53 bits per heavy atom. The number of aliphatic imine (C=N–C) groups is 1. The first-order valence-electron chi connectivity index (χ1n) is 17.5. The summed E-state index contributed by atoms with van der Waals surface area (Å²) in [4.78, 5) is 9.95. The molecule has 2 aromatic carbocycles. The summed E-state index contributed by atoms with van der Waals surface area (Å²) in [5, 5.41) is 3.74. The van der Waals surface area contributed by atoms with Gasteiger partial charge in [-0.3, -0.25) is 4.99 Å². The molecule has 2 aliphatic rings. The fourth-order valence-electron chi connectivity index (χ4n) is 8.18. The molecule has 0 saturated heterocycles. The Bertz CT molecular complexity index is 2090. The third kappa shape index (κ3) is 5.31. The number of aromatic nitrogens is 2. The van der Waals surface area contributed by atoms with E-state index in [2.05, 4.69) is 126 Å². The van der Waals surface area contributed by atoms with Crippen molar-refractivity contribution in [3.8, 4) is 11.3 Å². The summed E-state index contributed by atoms with van der Waals surface area (Å²) in [6, 6.07) is 20.7. The van der Waals surface area contributed by atoms with Gasteiger partial charge < -0.3 is 4.42 Å². The highest BCUT2D eigenvalue weighted by Gasteiger charge is 2.43. The van der Waals surface area contributed by atoms with E-state index < -0.39 is 8.07 Å². The van der Waals surface area contributed by atoms with Gasteiger partial charge in [-0.2, -0.15) is 4.57 Å². The summed E-state index contributed by atoms with van der Waals surface area (Å²) in [5.41, 5.74) is 12.7. The molecule has 0 spiro atoms. The Balaban J connectivity index is 1.41. The molecule has 0 fully saturated rings. The van der Waals surface area contributed by atoms with Crippen LogP contribution >= 0.6 is 0 Å². The largest absolute Gasteiger partial charge is 0.437 e. The van der Waals surface area contributed by atoms with E-state index in [1.807, 2.05) is 6.92 Å². The number of fused-ring (bicyclic) bond motifs is 11. The number of benzene rings is 2. The van der Waals surface area contributed by atoms with Crippen LogP contribution in [0.2, 0.25) is 19.6 Å². The lowest BCUT2D eigenvalue weighted by Gasteiger charge is -2.36. The minimum absolute atomic E-state index is 0.217. The van der Waals surface area contributed by atoms with Gasteiger partial charge in [0.1, 0.15) is 5.58 Å². The Morgan fingerprint density at radius 1 is 1.04 bits per heavy atom. The van der Waals surface area contributed by atoms with Crippen LogP contribution in [-0.2, 0) is 6.42 Å². The smallest absolute Gasteiger partial charge is 0.227 e. The van der Waals surface area contributed by atoms with Crippen LogP contribution < -0.4 is 9.75 Å². The van der Waals surface area contributed by atoms with E-state index in [1.165, 1.54) is 27.9 Å². The van der Waals surface area contributed by atoms with Gasteiger partial charge in [-0.25, -0.2) is 4.98 Å². The predicted molar refractivity (Wildman–Crippen MR) is 200 cm³/mol. The van der Waals surface area contributed by atoms with Crippen molar-refractivity contribution in [2.75, 3.05) is 0 Å². The van der Waals surface area contributed by atoms with Crippen LogP contribution in [0.4, 0.5) is 0 Å². The van der Waals surface area contributed by atoms with Gasteiger partial charge in [-0.15, -0.1) is 0 Å². The van der Waals surface area contributed by atoms with Crippen molar-refractivity contribution in [2.24, 2.45) is 10.4 Å². The molecule has 0 radical (unpaired) electrons. The predicted octanol–water partition coefficient (Wildman–Crippen LogP) is 10.3. The molecule has 5 heterocycles. The molecule has 242 valence electrons. The van der Waals surface area contributed by atoms with Crippen molar-refractivity contribution in [2.45, 2.75) is 105 Å². The third-order valence-electron chi connectivity index (χ3n) is 11.6. The van der Waals surface area contributed by atoms with Gasteiger partial charge in [-0.1, -0.05) is 90.7 Å². The molecule has 0 N–H and O–H groups in total. The lowest BCUT2D eigenvalue weighted by molar-refractivity contribution is -0.717. The third-order valence-corrected chi connectivity index (χ3v) is 13.6. The summed E-state index contributed by atoms with van der Waals surface area (Å²) < 4.78 is 9.14. The highest BCUT2D eigenvalue weighted by Crippen LogP contribution is 2.46. The van der Waals surface area contributed by atoms with Crippen LogP contribution in [0.5, 0.6) is 0 Å². The molecule has 4 nitrogen and oxygen atoms in total. The molecule has 0 bridgehead atoms. The normalized spacial score (nSPS) is 19.1. The van der Waals surface area contributed by atoms with Crippen LogP contribution in [0.3, 0.4) is 0 Å². The minimum atomic E-state index is -1.69. The number of pyridine rings is 2. The number of rotatable bonds is 4. The summed E-state index contributed by atoms with van der Waals surface area (Å²) >= 11 is 0. The Labute approximate surface area is 281 Å². The van der Waals surface area contributed by atoms with Gasteiger partial charge in [0.05, 0.1) is 14.5 Å². The maximum Gasteiger partial charge on any atom is 0.227 e. The maximum absolute atomic E-state index is 6.50. The molecule has 5 aromatic rings. The summed E-state index contributed by atoms with van der Waals surface area (Å²) in [6.45, 7) is 25.9. The molecule has 0 aliphatic carbocycles. The first kappa shape index (κ1) is 31.8. The van der Waals surface area contributed by atoms with Crippen LogP contribution in [0.25, 0.3) is 33.3 Å². The van der Waals surface area contributed by atoms with E-state index >= 15 is 0 Å². The molecule has 47 heavy (non-hydrogen) atoms. The Morgan fingerprint density at radius 2 is 1.79 bits per heavy atom.